The summed E-state index contributed by atoms with van der Waals surface area (Å²) in [6.07, 6.45) is 1.55. The van der Waals surface area contributed by atoms with Gasteiger partial charge in [-0.3, -0.25) is 14.6 Å². The molecule has 0 aliphatic carbocycles. The van der Waals surface area contributed by atoms with E-state index in [0.717, 1.165) is 24.2 Å². The van der Waals surface area contributed by atoms with E-state index in [1.54, 1.807) is 18.2 Å². The van der Waals surface area contributed by atoms with Gasteiger partial charge in [0.25, 0.3) is 11.8 Å². The molecule has 2 aromatic rings. The number of rotatable bonds is 4. The lowest BCUT2D eigenvalue weighted by Crippen LogP contribution is -2.38. The predicted molar refractivity (Wildman–Crippen MR) is 112 cm³/mol. The van der Waals surface area contributed by atoms with Gasteiger partial charge >= 0.3 is 0 Å². The Balaban J connectivity index is 1.46. The number of carbonyl (C=O) groups is 2. The number of nitrogens with one attached hydrogen (secondary N) is 1. The van der Waals surface area contributed by atoms with E-state index in [9.17, 15) is 9.59 Å². The molecule has 0 radical (unpaired) electrons. The molecule has 0 atom stereocenters. The van der Waals surface area contributed by atoms with E-state index in [0.29, 0.717) is 35.7 Å². The number of ether oxygens (including phenoxy) is 2. The first-order valence-corrected chi connectivity index (χ1v) is 10.4. The second-order valence-electron chi connectivity index (χ2n) is 8.15. The van der Waals surface area contributed by atoms with Gasteiger partial charge in [-0.1, -0.05) is 0 Å². The molecule has 0 spiro atoms. The highest BCUT2D eigenvalue weighted by molar-refractivity contribution is 5.96. The summed E-state index contributed by atoms with van der Waals surface area (Å²) in [7, 11) is 0. The second kappa shape index (κ2) is 8.34. The first-order chi connectivity index (χ1) is 14.4. The zero-order valence-electron chi connectivity index (χ0n) is 17.6. The molecule has 3 heterocycles. The van der Waals surface area contributed by atoms with Gasteiger partial charge in [0, 0.05) is 36.3 Å². The van der Waals surface area contributed by atoms with Gasteiger partial charge in [-0.25, -0.2) is 0 Å². The molecule has 1 aromatic heterocycles. The van der Waals surface area contributed by atoms with Crippen molar-refractivity contribution < 1.29 is 19.1 Å². The van der Waals surface area contributed by atoms with Crippen molar-refractivity contribution in [2.75, 3.05) is 19.9 Å². The van der Waals surface area contributed by atoms with Crippen LogP contribution in [0.15, 0.2) is 30.3 Å². The number of piperidine rings is 1. The maximum atomic E-state index is 12.9. The third-order valence-corrected chi connectivity index (χ3v) is 5.52. The molecule has 7 heteroatoms. The Bertz CT molecular complexity index is 965. The summed E-state index contributed by atoms with van der Waals surface area (Å²) in [5.74, 6) is 1.33. The van der Waals surface area contributed by atoms with E-state index in [4.69, 9.17) is 14.5 Å². The molecule has 1 N–H and O–H groups in total. The molecule has 0 bridgehead atoms. The SMILES string of the molecule is Cc1ccc(C(=O)NC(C)C)c(C2CCN(C(=O)c3ccc4c(c3)OCO4)CC2)n1. The van der Waals surface area contributed by atoms with Gasteiger partial charge in [0.2, 0.25) is 6.79 Å². The molecule has 0 unspecified atom stereocenters. The molecule has 1 fully saturated rings. The van der Waals surface area contributed by atoms with E-state index >= 15 is 0 Å². The Morgan fingerprint density at radius 1 is 1.10 bits per heavy atom. The predicted octanol–water partition coefficient (Wildman–Crippen LogP) is 3.28. The van der Waals surface area contributed by atoms with Crippen LogP contribution < -0.4 is 14.8 Å². The lowest BCUT2D eigenvalue weighted by Gasteiger charge is -2.32. The van der Waals surface area contributed by atoms with Crippen LogP contribution in [-0.4, -0.2) is 47.6 Å². The molecule has 158 valence electrons. The van der Waals surface area contributed by atoms with Crippen LogP contribution in [0.25, 0.3) is 0 Å². The quantitative estimate of drug-likeness (QED) is 0.838. The molecule has 0 saturated carbocycles. The number of aryl methyl sites for hydroxylation is 1. The minimum Gasteiger partial charge on any atom is -0.454 e. The summed E-state index contributed by atoms with van der Waals surface area (Å²) < 4.78 is 10.7. The summed E-state index contributed by atoms with van der Waals surface area (Å²) in [5.41, 5.74) is 2.96. The van der Waals surface area contributed by atoms with Crippen molar-refractivity contribution in [2.24, 2.45) is 0 Å². The lowest BCUT2D eigenvalue weighted by molar-refractivity contribution is 0.0710. The summed E-state index contributed by atoms with van der Waals surface area (Å²) in [6, 6.07) is 9.09. The maximum Gasteiger partial charge on any atom is 0.253 e. The molecule has 7 nitrogen and oxygen atoms in total. The van der Waals surface area contributed by atoms with Gasteiger partial charge in [-0.05, 0) is 63.9 Å². The van der Waals surface area contributed by atoms with Crippen LogP contribution in [0.4, 0.5) is 0 Å². The molecule has 4 rings (SSSR count). The van der Waals surface area contributed by atoms with Gasteiger partial charge in [0.05, 0.1) is 11.3 Å². The molecule has 1 saturated heterocycles. The van der Waals surface area contributed by atoms with Crippen LogP contribution >= 0.6 is 0 Å². The van der Waals surface area contributed by atoms with Gasteiger partial charge in [-0.15, -0.1) is 0 Å². The Morgan fingerprint density at radius 3 is 2.57 bits per heavy atom. The zero-order chi connectivity index (χ0) is 21.3. The molecule has 30 heavy (non-hydrogen) atoms. The minimum absolute atomic E-state index is 0.0123. The monoisotopic (exact) mass is 409 g/mol. The van der Waals surface area contributed by atoms with Crippen LogP contribution in [0, 0.1) is 6.92 Å². The van der Waals surface area contributed by atoms with Gasteiger partial charge in [0.15, 0.2) is 11.5 Å². The van der Waals surface area contributed by atoms with Crippen molar-refractivity contribution in [3.05, 3.63) is 52.8 Å². The summed E-state index contributed by atoms with van der Waals surface area (Å²) in [4.78, 5) is 32.1. The molecule has 1 aromatic carbocycles. The number of hydrogen-bond acceptors (Lipinski definition) is 5. The summed E-state index contributed by atoms with van der Waals surface area (Å²) in [6.45, 7) is 7.26. The molecule has 2 aliphatic rings. The topological polar surface area (TPSA) is 80.8 Å². The van der Waals surface area contributed by atoms with Crippen LogP contribution in [0.1, 0.15) is 64.7 Å². The lowest BCUT2D eigenvalue weighted by atomic mass is 9.89. The van der Waals surface area contributed by atoms with E-state index in [2.05, 4.69) is 5.32 Å². The second-order valence-corrected chi connectivity index (χ2v) is 8.15. The number of likely N-dealkylation sites (tertiary alicyclic amines) is 1. The van der Waals surface area contributed by atoms with E-state index < -0.39 is 0 Å². The number of carbonyl (C=O) groups excluding carboxylic acids is 2. The van der Waals surface area contributed by atoms with Crippen molar-refractivity contribution >= 4 is 11.8 Å². The molecular weight excluding hydrogens is 382 g/mol. The third-order valence-electron chi connectivity index (χ3n) is 5.52. The standard InChI is InChI=1S/C23H27N3O4/c1-14(2)24-22(27)18-6-4-15(3)25-21(18)16-8-10-26(11-9-16)23(28)17-5-7-19-20(12-17)30-13-29-19/h4-7,12,14,16H,8-11,13H2,1-3H3,(H,24,27). The summed E-state index contributed by atoms with van der Waals surface area (Å²) in [5, 5.41) is 2.96. The average molecular weight is 409 g/mol. The van der Waals surface area contributed by atoms with Crippen LogP contribution in [-0.2, 0) is 0 Å². The highest BCUT2D eigenvalue weighted by atomic mass is 16.7. The van der Waals surface area contributed by atoms with E-state index in [1.807, 2.05) is 37.8 Å². The third kappa shape index (κ3) is 4.10. The van der Waals surface area contributed by atoms with E-state index in [1.165, 1.54) is 0 Å². The fourth-order valence-corrected chi connectivity index (χ4v) is 3.99. The smallest absolute Gasteiger partial charge is 0.253 e. The van der Waals surface area contributed by atoms with Gasteiger partial charge in [0.1, 0.15) is 0 Å². The summed E-state index contributed by atoms with van der Waals surface area (Å²) >= 11 is 0. The van der Waals surface area contributed by atoms with Gasteiger partial charge < -0.3 is 19.7 Å². The van der Waals surface area contributed by atoms with Crippen LogP contribution in [0.2, 0.25) is 0 Å². The Kier molecular flexibility index (Phi) is 5.61. The minimum atomic E-state index is -0.0913. The maximum absolute atomic E-state index is 12.9. The van der Waals surface area contributed by atoms with Crippen molar-refractivity contribution in [3.63, 3.8) is 0 Å². The number of hydrogen-bond donors (Lipinski definition) is 1. The van der Waals surface area contributed by atoms with Crippen LogP contribution in [0.3, 0.4) is 0 Å². The highest BCUT2D eigenvalue weighted by Gasteiger charge is 2.29. The first kappa shape index (κ1) is 20.2. The molecule has 2 aliphatic heterocycles. The highest BCUT2D eigenvalue weighted by Crippen LogP contribution is 2.34. The van der Waals surface area contributed by atoms with Crippen molar-refractivity contribution in [3.8, 4) is 11.5 Å². The van der Waals surface area contributed by atoms with Gasteiger partial charge in [-0.2, -0.15) is 0 Å². The number of benzene rings is 1. The van der Waals surface area contributed by atoms with Crippen molar-refractivity contribution in [2.45, 2.75) is 45.6 Å². The normalized spacial score (nSPS) is 16.1. The van der Waals surface area contributed by atoms with E-state index in [-0.39, 0.29) is 30.6 Å². The first-order valence-electron chi connectivity index (χ1n) is 10.4. The Hall–Kier alpha value is -3.09. The van der Waals surface area contributed by atoms with Crippen molar-refractivity contribution in [1.29, 1.82) is 0 Å². The number of pyridine rings is 1. The molecular formula is C23H27N3O4. The fourth-order valence-electron chi connectivity index (χ4n) is 3.99. The van der Waals surface area contributed by atoms with Crippen LogP contribution in [0.5, 0.6) is 11.5 Å². The average Bonchev–Trinajstić information content (AvgIpc) is 3.20. The zero-order valence-corrected chi connectivity index (χ0v) is 17.6. The largest absolute Gasteiger partial charge is 0.454 e. The fraction of sp³-hybridized carbons (Fsp3) is 0.435. The molecule has 2 amide bonds. The number of fused-ring (bicyclic) bond motifs is 1. The number of aromatic nitrogens is 1. The number of amides is 2. The number of nitrogens with zero attached hydrogens (tertiary/aromatic N) is 2. The Morgan fingerprint density at radius 2 is 1.83 bits per heavy atom. The Labute approximate surface area is 176 Å². The van der Waals surface area contributed by atoms with Crippen molar-refractivity contribution in [1.82, 2.24) is 15.2 Å².